The van der Waals surface area contributed by atoms with Crippen molar-refractivity contribution in [1.82, 2.24) is 29.6 Å². The summed E-state index contributed by atoms with van der Waals surface area (Å²) in [4.78, 5) is 7.88. The van der Waals surface area contributed by atoms with Gasteiger partial charge in [0.15, 0.2) is 17.5 Å². The van der Waals surface area contributed by atoms with Crippen LogP contribution in [0, 0.1) is 11.6 Å². The Morgan fingerprint density at radius 2 is 1.81 bits per heavy atom. The number of anilines is 1. The summed E-state index contributed by atoms with van der Waals surface area (Å²) in [5.41, 5.74) is -4.18. The van der Waals surface area contributed by atoms with Crippen LogP contribution < -0.4 is 10.0 Å². The summed E-state index contributed by atoms with van der Waals surface area (Å²) >= 11 is 0. The number of hydrogen-bond acceptors (Lipinski definition) is 8. The number of aromatic nitrogens is 5. The van der Waals surface area contributed by atoms with Crippen LogP contribution in [0.15, 0.2) is 53.4 Å². The number of sulfonamides is 1. The second-order valence-corrected chi connectivity index (χ2v) is 8.97. The second-order valence-electron chi connectivity index (χ2n) is 7.21. The molecule has 0 amide bonds. The summed E-state index contributed by atoms with van der Waals surface area (Å²) in [6.07, 6.45) is 2.15. The number of benzene rings is 1. The van der Waals surface area contributed by atoms with Crippen LogP contribution >= 0.6 is 0 Å². The lowest BCUT2D eigenvalue weighted by Crippen LogP contribution is -2.38. The predicted molar refractivity (Wildman–Crippen MR) is 116 cm³/mol. The highest BCUT2D eigenvalue weighted by Crippen LogP contribution is 2.26. The molecule has 0 radical (unpaired) electrons. The van der Waals surface area contributed by atoms with E-state index in [1.54, 1.807) is 24.3 Å². The van der Waals surface area contributed by atoms with Crippen molar-refractivity contribution in [1.29, 1.82) is 0 Å². The molecule has 0 fully saturated rings. The Labute approximate surface area is 200 Å². The fourth-order valence-corrected chi connectivity index (χ4v) is 3.58. The Balaban J connectivity index is 1.57. The van der Waals surface area contributed by atoms with E-state index in [1.807, 2.05) is 0 Å². The van der Waals surface area contributed by atoms with Crippen molar-refractivity contribution in [3.05, 3.63) is 66.1 Å². The van der Waals surface area contributed by atoms with Gasteiger partial charge in [-0.3, -0.25) is 4.68 Å². The molecule has 190 valence electrons. The molecule has 4 rings (SSSR count). The van der Waals surface area contributed by atoms with E-state index < -0.39 is 46.1 Å². The molecule has 4 aromatic rings. The highest BCUT2D eigenvalue weighted by atomic mass is 32.2. The third-order valence-corrected chi connectivity index (χ3v) is 5.94. The highest BCUT2D eigenvalue weighted by molar-refractivity contribution is 7.90. The number of alkyl halides is 3. The summed E-state index contributed by atoms with van der Waals surface area (Å²) < 4.78 is 95.3. The van der Waals surface area contributed by atoms with Gasteiger partial charge in [-0.2, -0.15) is 18.3 Å². The first kappa shape index (κ1) is 25.2. The average Bonchev–Trinajstić information content (AvgIpc) is 3.49. The maximum Gasteiger partial charge on any atom is 0.511 e. The number of nitrogens with one attached hydrogen (secondary N) is 2. The summed E-state index contributed by atoms with van der Waals surface area (Å²) in [6.45, 7) is -1.08. The molecule has 0 saturated carbocycles. The predicted octanol–water partition coefficient (Wildman–Crippen LogP) is 3.17. The van der Waals surface area contributed by atoms with Crippen LogP contribution in [0.5, 0.6) is 0 Å². The first-order valence-electron chi connectivity index (χ1n) is 10.1. The zero-order valence-electron chi connectivity index (χ0n) is 18.0. The van der Waals surface area contributed by atoms with Gasteiger partial charge in [0, 0.05) is 24.7 Å². The molecule has 0 spiro atoms. The topological polar surface area (TPSA) is 128 Å². The minimum absolute atomic E-state index is 0.0144. The molecule has 0 aliphatic carbocycles. The maximum absolute atomic E-state index is 14.2. The second kappa shape index (κ2) is 9.98. The number of nitrogens with zero attached hydrogens (tertiary/aromatic N) is 5. The van der Waals surface area contributed by atoms with Crippen LogP contribution in [-0.2, 0) is 16.6 Å². The van der Waals surface area contributed by atoms with E-state index in [0.29, 0.717) is 17.0 Å². The van der Waals surface area contributed by atoms with Gasteiger partial charge in [0.1, 0.15) is 23.5 Å². The van der Waals surface area contributed by atoms with E-state index in [0.717, 1.165) is 6.20 Å². The van der Waals surface area contributed by atoms with E-state index in [-0.39, 0.29) is 18.1 Å². The van der Waals surface area contributed by atoms with E-state index in [9.17, 15) is 30.4 Å². The normalized spacial score (nSPS) is 12.1. The van der Waals surface area contributed by atoms with Gasteiger partial charge in [-0.15, -0.1) is 0 Å². The Morgan fingerprint density at radius 1 is 1.03 bits per heavy atom. The summed E-state index contributed by atoms with van der Waals surface area (Å²) in [6, 6.07) is 9.15. The number of rotatable bonds is 9. The molecular weight excluding hydrogens is 513 g/mol. The molecule has 0 unspecified atom stereocenters. The van der Waals surface area contributed by atoms with Gasteiger partial charge in [-0.25, -0.2) is 31.9 Å². The number of halogens is 5. The Kier molecular flexibility index (Phi) is 6.98. The average molecular weight is 529 g/mol. The molecular formula is C20H16F5N7O3S. The molecule has 2 N–H and O–H groups in total. The van der Waals surface area contributed by atoms with Crippen LogP contribution in [0.2, 0.25) is 0 Å². The Hall–Kier alpha value is -3.92. The maximum atomic E-state index is 14.2. The van der Waals surface area contributed by atoms with Crippen molar-refractivity contribution in [3.8, 4) is 22.9 Å². The zero-order chi connectivity index (χ0) is 25.9. The largest absolute Gasteiger partial charge is 0.511 e. The SMILES string of the molecule is O=S(=O)(NCCNc1nc(-c2cc(-c3ccon3)n(Cc3ccccc3F)n2)ncc1F)C(F)(F)F. The molecule has 36 heavy (non-hydrogen) atoms. The fraction of sp³-hybridized carbons (Fsp3) is 0.200. The molecule has 3 aromatic heterocycles. The third-order valence-electron chi connectivity index (χ3n) is 4.75. The summed E-state index contributed by atoms with van der Waals surface area (Å²) in [7, 11) is -5.54. The van der Waals surface area contributed by atoms with Gasteiger partial charge in [0.25, 0.3) is 0 Å². The summed E-state index contributed by atoms with van der Waals surface area (Å²) in [5.74, 6) is -1.84. The monoisotopic (exact) mass is 529 g/mol. The van der Waals surface area contributed by atoms with Crippen molar-refractivity contribution >= 4 is 15.8 Å². The van der Waals surface area contributed by atoms with Crippen molar-refractivity contribution in [2.75, 3.05) is 18.4 Å². The molecule has 0 saturated heterocycles. The van der Waals surface area contributed by atoms with Crippen molar-refractivity contribution in [2.45, 2.75) is 12.1 Å². The number of hydrogen-bond donors (Lipinski definition) is 2. The Bertz CT molecular complexity index is 1460. The smallest absolute Gasteiger partial charge is 0.366 e. The Morgan fingerprint density at radius 3 is 2.50 bits per heavy atom. The van der Waals surface area contributed by atoms with Crippen molar-refractivity contribution in [2.24, 2.45) is 0 Å². The lowest BCUT2D eigenvalue weighted by atomic mass is 10.2. The van der Waals surface area contributed by atoms with Crippen molar-refractivity contribution in [3.63, 3.8) is 0 Å². The van der Waals surface area contributed by atoms with E-state index in [4.69, 9.17) is 4.52 Å². The van der Waals surface area contributed by atoms with Gasteiger partial charge in [-0.1, -0.05) is 23.4 Å². The molecule has 3 heterocycles. The minimum atomic E-state index is -5.54. The molecule has 0 aliphatic rings. The first-order valence-corrected chi connectivity index (χ1v) is 11.6. The summed E-state index contributed by atoms with van der Waals surface area (Å²) in [5, 5.41) is 10.6. The van der Waals surface area contributed by atoms with E-state index >= 15 is 0 Å². The van der Waals surface area contributed by atoms with Crippen LogP contribution in [0.4, 0.5) is 27.8 Å². The van der Waals surface area contributed by atoms with E-state index in [1.165, 1.54) is 27.8 Å². The highest BCUT2D eigenvalue weighted by Gasteiger charge is 2.45. The molecule has 10 nitrogen and oxygen atoms in total. The van der Waals surface area contributed by atoms with Gasteiger partial charge in [-0.05, 0) is 12.1 Å². The van der Waals surface area contributed by atoms with Crippen LogP contribution in [-0.4, -0.2) is 51.9 Å². The van der Waals surface area contributed by atoms with Gasteiger partial charge >= 0.3 is 15.5 Å². The first-order chi connectivity index (χ1) is 17.0. The van der Waals surface area contributed by atoms with Crippen LogP contribution in [0.1, 0.15) is 5.56 Å². The standard InChI is InChI=1S/C20H16F5N7O3S/c21-13-4-2-1-3-12(13)11-32-17(15-5-8-35-31-15)9-16(30-32)19-27-10-14(22)18(29-19)26-6-7-28-36(33,34)20(23,24)25/h1-5,8-10,28H,6-7,11H2,(H,26,27,29). The fourth-order valence-electron chi connectivity index (χ4n) is 3.05. The van der Waals surface area contributed by atoms with E-state index in [2.05, 4.69) is 25.5 Å². The minimum Gasteiger partial charge on any atom is -0.366 e. The quantitative estimate of drug-likeness (QED) is 0.250. The molecule has 0 aliphatic heterocycles. The molecule has 0 atom stereocenters. The van der Waals surface area contributed by atoms with Gasteiger partial charge in [0.2, 0.25) is 0 Å². The molecule has 16 heteroatoms. The zero-order valence-corrected chi connectivity index (χ0v) is 18.8. The van der Waals surface area contributed by atoms with Gasteiger partial charge in [0.05, 0.1) is 18.4 Å². The molecule has 0 bridgehead atoms. The van der Waals surface area contributed by atoms with Crippen molar-refractivity contribution < 1.29 is 34.9 Å². The lowest BCUT2D eigenvalue weighted by molar-refractivity contribution is -0.0447. The third kappa shape index (κ3) is 5.49. The lowest BCUT2D eigenvalue weighted by Gasteiger charge is -2.10. The van der Waals surface area contributed by atoms with Gasteiger partial charge < -0.3 is 9.84 Å². The van der Waals surface area contributed by atoms with Crippen LogP contribution in [0.3, 0.4) is 0 Å². The van der Waals surface area contributed by atoms with Crippen LogP contribution in [0.25, 0.3) is 22.9 Å². The molecule has 1 aromatic carbocycles.